The number of methoxy groups -OCH3 is 1. The van der Waals surface area contributed by atoms with Gasteiger partial charge in [0.15, 0.2) is 5.82 Å². The number of aromatic nitrogens is 2. The zero-order valence-corrected chi connectivity index (χ0v) is 12.8. The molecule has 0 aliphatic heterocycles. The smallest absolute Gasteiger partial charge is 0.158 e. The van der Waals surface area contributed by atoms with Gasteiger partial charge in [0.25, 0.3) is 0 Å². The number of aliphatic hydroxyl groups excluding tert-OH is 1. The molecule has 0 saturated heterocycles. The van der Waals surface area contributed by atoms with E-state index in [1.165, 1.54) is 6.42 Å². The first-order chi connectivity index (χ1) is 9.57. The van der Waals surface area contributed by atoms with Crippen LogP contribution in [0.5, 0.6) is 0 Å². The molecule has 1 saturated carbocycles. The van der Waals surface area contributed by atoms with E-state index in [4.69, 9.17) is 16.3 Å². The minimum absolute atomic E-state index is 0.0958. The van der Waals surface area contributed by atoms with Gasteiger partial charge in [0.05, 0.1) is 12.1 Å². The van der Waals surface area contributed by atoms with Crippen LogP contribution in [-0.4, -0.2) is 34.3 Å². The summed E-state index contributed by atoms with van der Waals surface area (Å²) in [7, 11) is 1.59. The summed E-state index contributed by atoms with van der Waals surface area (Å²) in [6, 6.07) is 1.69. The molecule has 0 amide bonds. The lowest BCUT2D eigenvalue weighted by molar-refractivity contribution is 0.149. The lowest BCUT2D eigenvalue weighted by Gasteiger charge is -2.39. The van der Waals surface area contributed by atoms with Gasteiger partial charge in [0, 0.05) is 13.2 Å². The van der Waals surface area contributed by atoms with Crippen molar-refractivity contribution in [2.24, 2.45) is 5.92 Å². The quantitative estimate of drug-likeness (QED) is 0.818. The third-order valence-corrected chi connectivity index (χ3v) is 4.00. The first-order valence-electron chi connectivity index (χ1n) is 6.98. The number of hydrogen-bond donors (Lipinski definition) is 2. The number of ether oxygens (including phenoxy) is 1. The summed E-state index contributed by atoms with van der Waals surface area (Å²) < 4.78 is 5.04. The van der Waals surface area contributed by atoms with Gasteiger partial charge in [-0.25, -0.2) is 9.97 Å². The summed E-state index contributed by atoms with van der Waals surface area (Å²) in [6.45, 7) is 2.63. The van der Waals surface area contributed by atoms with Gasteiger partial charge >= 0.3 is 0 Å². The molecule has 5 nitrogen and oxygen atoms in total. The highest BCUT2D eigenvalue weighted by Crippen LogP contribution is 2.34. The van der Waals surface area contributed by atoms with Crippen LogP contribution in [-0.2, 0) is 11.3 Å². The van der Waals surface area contributed by atoms with Gasteiger partial charge in [-0.2, -0.15) is 0 Å². The van der Waals surface area contributed by atoms with Gasteiger partial charge < -0.3 is 15.2 Å². The molecule has 20 heavy (non-hydrogen) atoms. The van der Waals surface area contributed by atoms with Gasteiger partial charge in [-0.15, -0.1) is 0 Å². The largest absolute Gasteiger partial charge is 0.394 e. The van der Waals surface area contributed by atoms with Crippen molar-refractivity contribution in [2.45, 2.75) is 44.8 Å². The second-order valence-corrected chi connectivity index (χ2v) is 6.08. The van der Waals surface area contributed by atoms with Crippen molar-refractivity contribution in [2.75, 3.05) is 19.0 Å². The SMILES string of the molecule is COCc1nc(Cl)cc(NC2(CO)CCCC(C)C2)n1. The van der Waals surface area contributed by atoms with E-state index in [9.17, 15) is 5.11 Å². The Balaban J connectivity index is 2.18. The summed E-state index contributed by atoms with van der Waals surface area (Å²) in [5.74, 6) is 1.79. The normalized spacial score (nSPS) is 26.5. The molecule has 2 N–H and O–H groups in total. The number of anilines is 1. The number of rotatable bonds is 5. The summed E-state index contributed by atoms with van der Waals surface area (Å²) in [4.78, 5) is 8.50. The van der Waals surface area contributed by atoms with E-state index in [-0.39, 0.29) is 12.1 Å². The van der Waals surface area contributed by atoms with Crippen LogP contribution >= 0.6 is 11.6 Å². The zero-order valence-electron chi connectivity index (χ0n) is 12.0. The van der Waals surface area contributed by atoms with Crippen molar-refractivity contribution in [3.05, 3.63) is 17.0 Å². The van der Waals surface area contributed by atoms with Crippen molar-refractivity contribution < 1.29 is 9.84 Å². The van der Waals surface area contributed by atoms with E-state index < -0.39 is 0 Å². The van der Waals surface area contributed by atoms with E-state index in [1.807, 2.05) is 0 Å². The molecule has 2 unspecified atom stereocenters. The predicted octanol–water partition coefficient (Wildman–Crippen LogP) is 2.63. The lowest BCUT2D eigenvalue weighted by Crippen LogP contribution is -2.46. The van der Waals surface area contributed by atoms with Crippen molar-refractivity contribution in [1.82, 2.24) is 9.97 Å². The van der Waals surface area contributed by atoms with Crippen molar-refractivity contribution >= 4 is 17.4 Å². The second kappa shape index (κ2) is 6.70. The zero-order chi connectivity index (χ0) is 14.6. The van der Waals surface area contributed by atoms with Crippen LogP contribution < -0.4 is 5.32 Å². The highest BCUT2D eigenvalue weighted by atomic mass is 35.5. The van der Waals surface area contributed by atoms with Crippen LogP contribution in [0.1, 0.15) is 38.4 Å². The highest BCUT2D eigenvalue weighted by molar-refractivity contribution is 6.29. The number of hydrogen-bond acceptors (Lipinski definition) is 5. The minimum Gasteiger partial charge on any atom is -0.394 e. The molecule has 0 radical (unpaired) electrons. The fourth-order valence-electron chi connectivity index (χ4n) is 2.95. The first kappa shape index (κ1) is 15.5. The highest BCUT2D eigenvalue weighted by Gasteiger charge is 2.34. The molecule has 0 spiro atoms. The Morgan fingerprint density at radius 3 is 3.00 bits per heavy atom. The Morgan fingerprint density at radius 1 is 1.55 bits per heavy atom. The van der Waals surface area contributed by atoms with Crippen molar-refractivity contribution in [3.63, 3.8) is 0 Å². The minimum atomic E-state index is -0.306. The van der Waals surface area contributed by atoms with Crippen molar-refractivity contribution in [3.8, 4) is 0 Å². The van der Waals surface area contributed by atoms with Gasteiger partial charge in [-0.3, -0.25) is 0 Å². The van der Waals surface area contributed by atoms with E-state index in [2.05, 4.69) is 22.2 Å². The van der Waals surface area contributed by atoms with Crippen LogP contribution in [0.2, 0.25) is 5.15 Å². The van der Waals surface area contributed by atoms with Crippen LogP contribution in [0, 0.1) is 5.92 Å². The van der Waals surface area contributed by atoms with E-state index in [1.54, 1.807) is 13.2 Å². The Hall–Kier alpha value is -0.910. The first-order valence-corrected chi connectivity index (χ1v) is 7.36. The molecule has 1 heterocycles. The maximum Gasteiger partial charge on any atom is 0.158 e. The van der Waals surface area contributed by atoms with Gasteiger partial charge in [0.2, 0.25) is 0 Å². The van der Waals surface area contributed by atoms with Crippen LogP contribution in [0.15, 0.2) is 6.07 Å². The topological polar surface area (TPSA) is 67.3 Å². The maximum atomic E-state index is 9.80. The molecule has 0 bridgehead atoms. The number of aliphatic hydroxyl groups is 1. The molecule has 1 aromatic rings. The van der Waals surface area contributed by atoms with Gasteiger partial charge in [-0.05, 0) is 18.8 Å². The molecule has 2 atom stereocenters. The fourth-order valence-corrected chi connectivity index (χ4v) is 3.15. The predicted molar refractivity (Wildman–Crippen MR) is 78.8 cm³/mol. The maximum absolute atomic E-state index is 9.80. The van der Waals surface area contributed by atoms with Crippen molar-refractivity contribution in [1.29, 1.82) is 0 Å². The molecule has 1 fully saturated rings. The van der Waals surface area contributed by atoms with Crippen LogP contribution in [0.25, 0.3) is 0 Å². The third-order valence-electron chi connectivity index (χ3n) is 3.80. The third kappa shape index (κ3) is 3.81. The molecule has 2 rings (SSSR count). The summed E-state index contributed by atoms with van der Waals surface area (Å²) >= 11 is 6.01. The summed E-state index contributed by atoms with van der Waals surface area (Å²) in [6.07, 6.45) is 4.20. The van der Waals surface area contributed by atoms with E-state index in [0.717, 1.165) is 19.3 Å². The number of nitrogens with zero attached hydrogens (tertiary/aromatic N) is 2. The molecule has 1 aliphatic carbocycles. The molecule has 1 aromatic heterocycles. The van der Waals surface area contributed by atoms with E-state index >= 15 is 0 Å². The number of halogens is 1. The monoisotopic (exact) mass is 299 g/mol. The summed E-state index contributed by atoms with van der Waals surface area (Å²) in [5, 5.41) is 13.6. The Kier molecular flexibility index (Phi) is 5.18. The number of nitrogens with one attached hydrogen (secondary N) is 1. The van der Waals surface area contributed by atoms with E-state index in [0.29, 0.717) is 29.3 Å². The second-order valence-electron chi connectivity index (χ2n) is 5.69. The van der Waals surface area contributed by atoms with Crippen LogP contribution in [0.4, 0.5) is 5.82 Å². The Morgan fingerprint density at radius 2 is 2.35 bits per heavy atom. The fraction of sp³-hybridized carbons (Fsp3) is 0.714. The average Bonchev–Trinajstić information content (AvgIpc) is 2.38. The molecule has 0 aromatic carbocycles. The van der Waals surface area contributed by atoms with Gasteiger partial charge in [0.1, 0.15) is 17.6 Å². The molecular weight excluding hydrogens is 278 g/mol. The standard InChI is InChI=1S/C14H22ClN3O2/c1-10-4-3-5-14(7-10,9-19)18-12-6-11(15)16-13(17-12)8-20-2/h6,10,19H,3-5,7-9H2,1-2H3,(H,16,17,18). The molecule has 1 aliphatic rings. The molecular formula is C14H22ClN3O2. The molecule has 112 valence electrons. The van der Waals surface area contributed by atoms with Gasteiger partial charge in [-0.1, -0.05) is 31.4 Å². The van der Waals surface area contributed by atoms with Crippen LogP contribution in [0.3, 0.4) is 0 Å². The molecule has 6 heteroatoms. The Labute approximate surface area is 124 Å². The summed E-state index contributed by atoms with van der Waals surface area (Å²) in [5.41, 5.74) is -0.306. The Bertz CT molecular complexity index is 458. The average molecular weight is 300 g/mol. The lowest BCUT2D eigenvalue weighted by atomic mass is 9.77.